The van der Waals surface area contributed by atoms with E-state index in [4.69, 9.17) is 4.74 Å². The molecule has 1 amide bonds. The number of aryl methyl sites for hydroxylation is 2. The highest BCUT2D eigenvalue weighted by molar-refractivity contribution is 5.90. The lowest BCUT2D eigenvalue weighted by Crippen LogP contribution is -2.21. The molecule has 0 atom stereocenters. The fourth-order valence-electron chi connectivity index (χ4n) is 1.28. The van der Waals surface area contributed by atoms with Gasteiger partial charge in [-0.15, -0.1) is 5.10 Å². The minimum absolute atomic E-state index is 0.0959. The van der Waals surface area contributed by atoms with Gasteiger partial charge in [-0.3, -0.25) is 10.1 Å². The molecule has 18 heavy (non-hydrogen) atoms. The zero-order valence-corrected chi connectivity index (χ0v) is 10.1. The molecule has 0 radical (unpaired) electrons. The SMILES string of the molecule is Cc1ccc(OCC(=O)Nc2nnn(C)n2)cc1. The van der Waals surface area contributed by atoms with Crippen molar-refractivity contribution >= 4 is 11.9 Å². The number of tetrazole rings is 1. The van der Waals surface area contributed by atoms with Crippen LogP contribution in [0.15, 0.2) is 24.3 Å². The van der Waals surface area contributed by atoms with Crippen LogP contribution in [0, 0.1) is 6.92 Å². The average molecular weight is 247 g/mol. The number of aromatic nitrogens is 4. The number of carbonyl (C=O) groups is 1. The van der Waals surface area contributed by atoms with Gasteiger partial charge in [0.15, 0.2) is 6.61 Å². The standard InChI is InChI=1S/C11H13N5O2/c1-8-3-5-9(6-4-8)18-7-10(17)12-11-13-15-16(2)14-11/h3-6H,7H2,1-2H3,(H,12,14,17). The van der Waals surface area contributed by atoms with Crippen molar-refractivity contribution in [1.29, 1.82) is 0 Å². The first-order chi connectivity index (χ1) is 8.63. The third-order valence-corrected chi connectivity index (χ3v) is 2.15. The summed E-state index contributed by atoms with van der Waals surface area (Å²) in [5, 5.41) is 13.5. The average Bonchev–Trinajstić information content (AvgIpc) is 2.74. The minimum Gasteiger partial charge on any atom is -0.484 e. The van der Waals surface area contributed by atoms with Gasteiger partial charge in [-0.05, 0) is 24.3 Å². The van der Waals surface area contributed by atoms with E-state index < -0.39 is 0 Å². The molecule has 1 aromatic heterocycles. The summed E-state index contributed by atoms with van der Waals surface area (Å²) >= 11 is 0. The molecule has 1 heterocycles. The molecule has 0 saturated carbocycles. The lowest BCUT2D eigenvalue weighted by Gasteiger charge is -2.05. The third kappa shape index (κ3) is 3.27. The molecule has 0 aliphatic heterocycles. The van der Waals surface area contributed by atoms with Crippen LogP contribution in [0.1, 0.15) is 5.56 Å². The van der Waals surface area contributed by atoms with Gasteiger partial charge in [0.25, 0.3) is 11.9 Å². The lowest BCUT2D eigenvalue weighted by atomic mass is 10.2. The first-order valence-electron chi connectivity index (χ1n) is 5.37. The topological polar surface area (TPSA) is 81.9 Å². The maximum atomic E-state index is 11.5. The number of anilines is 1. The number of rotatable bonds is 4. The predicted molar refractivity (Wildman–Crippen MR) is 64.1 cm³/mol. The minimum atomic E-state index is -0.330. The van der Waals surface area contributed by atoms with Crippen molar-refractivity contribution in [2.75, 3.05) is 11.9 Å². The number of hydrogen-bond acceptors (Lipinski definition) is 5. The fourth-order valence-corrected chi connectivity index (χ4v) is 1.28. The lowest BCUT2D eigenvalue weighted by molar-refractivity contribution is -0.118. The van der Waals surface area contributed by atoms with E-state index in [-0.39, 0.29) is 18.5 Å². The zero-order chi connectivity index (χ0) is 13.0. The Balaban J connectivity index is 1.83. The first kappa shape index (κ1) is 12.0. The Morgan fingerprint density at radius 3 is 2.72 bits per heavy atom. The normalized spacial score (nSPS) is 10.1. The largest absolute Gasteiger partial charge is 0.484 e. The van der Waals surface area contributed by atoms with Crippen LogP contribution in [0.25, 0.3) is 0 Å². The van der Waals surface area contributed by atoms with E-state index in [1.54, 1.807) is 7.05 Å². The van der Waals surface area contributed by atoms with Crippen LogP contribution in [-0.2, 0) is 11.8 Å². The maximum absolute atomic E-state index is 11.5. The van der Waals surface area contributed by atoms with E-state index in [2.05, 4.69) is 20.7 Å². The van der Waals surface area contributed by atoms with Crippen molar-refractivity contribution in [3.8, 4) is 5.75 Å². The second-order valence-corrected chi connectivity index (χ2v) is 3.75. The Bertz CT molecular complexity index is 535. The van der Waals surface area contributed by atoms with Crippen LogP contribution in [0.4, 0.5) is 5.95 Å². The van der Waals surface area contributed by atoms with Crippen molar-refractivity contribution in [2.45, 2.75) is 6.92 Å². The summed E-state index contributed by atoms with van der Waals surface area (Å²) in [5.41, 5.74) is 1.13. The fraction of sp³-hybridized carbons (Fsp3) is 0.273. The van der Waals surface area contributed by atoms with E-state index in [9.17, 15) is 4.79 Å². The van der Waals surface area contributed by atoms with Gasteiger partial charge in [-0.2, -0.15) is 4.80 Å². The van der Waals surface area contributed by atoms with Gasteiger partial charge in [0.1, 0.15) is 5.75 Å². The quantitative estimate of drug-likeness (QED) is 0.852. The monoisotopic (exact) mass is 247 g/mol. The Morgan fingerprint density at radius 2 is 2.11 bits per heavy atom. The van der Waals surface area contributed by atoms with Gasteiger partial charge in [-0.25, -0.2) is 0 Å². The molecular formula is C11H13N5O2. The first-order valence-corrected chi connectivity index (χ1v) is 5.37. The van der Waals surface area contributed by atoms with Crippen molar-refractivity contribution in [3.05, 3.63) is 29.8 Å². The summed E-state index contributed by atoms with van der Waals surface area (Å²) < 4.78 is 5.31. The van der Waals surface area contributed by atoms with Crippen molar-refractivity contribution in [1.82, 2.24) is 20.2 Å². The maximum Gasteiger partial charge on any atom is 0.270 e. The smallest absolute Gasteiger partial charge is 0.270 e. The number of benzene rings is 1. The molecule has 0 aliphatic rings. The van der Waals surface area contributed by atoms with Gasteiger partial charge >= 0.3 is 0 Å². The van der Waals surface area contributed by atoms with Crippen LogP contribution in [0.5, 0.6) is 5.75 Å². The van der Waals surface area contributed by atoms with Gasteiger partial charge in [-0.1, -0.05) is 22.8 Å². The van der Waals surface area contributed by atoms with E-state index >= 15 is 0 Å². The molecule has 0 unspecified atom stereocenters. The van der Waals surface area contributed by atoms with E-state index in [1.807, 2.05) is 31.2 Å². The molecule has 0 saturated heterocycles. The van der Waals surface area contributed by atoms with Crippen molar-refractivity contribution in [2.24, 2.45) is 7.05 Å². The molecule has 1 N–H and O–H groups in total. The molecule has 2 aromatic rings. The molecule has 0 spiro atoms. The molecule has 2 rings (SSSR count). The van der Waals surface area contributed by atoms with E-state index in [0.29, 0.717) is 5.75 Å². The van der Waals surface area contributed by atoms with E-state index in [1.165, 1.54) is 4.80 Å². The Labute approximate surface area is 104 Å². The molecule has 7 nitrogen and oxygen atoms in total. The highest BCUT2D eigenvalue weighted by Crippen LogP contribution is 2.11. The van der Waals surface area contributed by atoms with Crippen molar-refractivity contribution < 1.29 is 9.53 Å². The summed E-state index contributed by atoms with van der Waals surface area (Å²) in [6.07, 6.45) is 0. The number of amides is 1. The Kier molecular flexibility index (Phi) is 3.52. The highest BCUT2D eigenvalue weighted by Gasteiger charge is 2.07. The number of nitrogens with zero attached hydrogens (tertiary/aromatic N) is 4. The zero-order valence-electron chi connectivity index (χ0n) is 10.1. The van der Waals surface area contributed by atoms with Gasteiger partial charge in [0.2, 0.25) is 0 Å². The van der Waals surface area contributed by atoms with Gasteiger partial charge < -0.3 is 4.74 Å². The summed E-state index contributed by atoms with van der Waals surface area (Å²) in [7, 11) is 1.62. The summed E-state index contributed by atoms with van der Waals surface area (Å²) in [6.45, 7) is 1.89. The molecule has 0 aliphatic carbocycles. The van der Waals surface area contributed by atoms with Crippen LogP contribution < -0.4 is 10.1 Å². The summed E-state index contributed by atoms with van der Waals surface area (Å²) in [6, 6.07) is 7.45. The molecule has 1 aromatic carbocycles. The number of carbonyl (C=O) groups excluding carboxylic acids is 1. The third-order valence-electron chi connectivity index (χ3n) is 2.15. The number of nitrogens with one attached hydrogen (secondary N) is 1. The number of hydrogen-bond donors (Lipinski definition) is 1. The Hall–Kier alpha value is -2.44. The Morgan fingerprint density at radius 1 is 1.39 bits per heavy atom. The summed E-state index contributed by atoms with van der Waals surface area (Å²) in [5.74, 6) is 0.474. The van der Waals surface area contributed by atoms with Crippen LogP contribution in [-0.4, -0.2) is 32.7 Å². The number of ether oxygens (including phenoxy) is 1. The highest BCUT2D eigenvalue weighted by atomic mass is 16.5. The molecule has 7 heteroatoms. The van der Waals surface area contributed by atoms with Crippen LogP contribution >= 0.6 is 0 Å². The van der Waals surface area contributed by atoms with Gasteiger partial charge in [0.05, 0.1) is 7.05 Å². The molecule has 0 bridgehead atoms. The molecule has 94 valence electrons. The molecule has 0 fully saturated rings. The van der Waals surface area contributed by atoms with Crippen LogP contribution in [0.2, 0.25) is 0 Å². The predicted octanol–water partition coefficient (Wildman–Crippen LogP) is 0.536. The second kappa shape index (κ2) is 5.26. The van der Waals surface area contributed by atoms with Crippen molar-refractivity contribution in [3.63, 3.8) is 0 Å². The molecular weight excluding hydrogens is 234 g/mol. The van der Waals surface area contributed by atoms with Gasteiger partial charge in [0, 0.05) is 0 Å². The summed E-state index contributed by atoms with van der Waals surface area (Å²) in [4.78, 5) is 12.8. The van der Waals surface area contributed by atoms with E-state index in [0.717, 1.165) is 5.56 Å². The second-order valence-electron chi connectivity index (χ2n) is 3.75. The van der Waals surface area contributed by atoms with Crippen LogP contribution in [0.3, 0.4) is 0 Å².